The van der Waals surface area contributed by atoms with E-state index in [1.165, 1.54) is 10.9 Å². The zero-order valence-corrected chi connectivity index (χ0v) is 12.9. The van der Waals surface area contributed by atoms with Crippen molar-refractivity contribution in [1.29, 1.82) is 0 Å². The summed E-state index contributed by atoms with van der Waals surface area (Å²) < 4.78 is 33.5. The van der Waals surface area contributed by atoms with Crippen molar-refractivity contribution in [2.45, 2.75) is 38.0 Å². The van der Waals surface area contributed by atoms with E-state index in [9.17, 15) is 8.42 Å². The van der Waals surface area contributed by atoms with Crippen LogP contribution in [0.3, 0.4) is 0 Å². The van der Waals surface area contributed by atoms with Crippen LogP contribution in [0.4, 0.5) is 5.82 Å². The smallest absolute Gasteiger partial charge is 0.266 e. The minimum Gasteiger partial charge on any atom is -0.359 e. The Bertz CT molecular complexity index is 722. The molecule has 110 valence electrons. The first kappa shape index (κ1) is 14.6. The van der Waals surface area contributed by atoms with Gasteiger partial charge in [-0.3, -0.25) is 9.40 Å². The van der Waals surface area contributed by atoms with Gasteiger partial charge in [-0.25, -0.2) is 8.42 Å². The second-order valence-electron chi connectivity index (χ2n) is 5.65. The number of aromatic nitrogens is 3. The molecule has 0 saturated heterocycles. The van der Waals surface area contributed by atoms with Crippen molar-refractivity contribution in [2.75, 3.05) is 4.72 Å². The lowest BCUT2D eigenvalue weighted by Crippen LogP contribution is -2.14. The largest absolute Gasteiger partial charge is 0.359 e. The molecule has 0 aliphatic heterocycles. The second kappa shape index (κ2) is 4.62. The Morgan fingerprint density at radius 2 is 2.00 bits per heavy atom. The van der Waals surface area contributed by atoms with Gasteiger partial charge in [-0.15, -0.1) is 0 Å². The summed E-state index contributed by atoms with van der Waals surface area (Å²) in [6, 6.07) is 1.59. The van der Waals surface area contributed by atoms with Crippen LogP contribution < -0.4 is 4.72 Å². The number of hydrogen-bond acceptors (Lipinski definition) is 5. The topological polar surface area (TPSA) is 90.0 Å². The van der Waals surface area contributed by atoms with Crippen LogP contribution in [0.2, 0.25) is 0 Å². The van der Waals surface area contributed by atoms with Crippen LogP contribution in [0.1, 0.15) is 32.2 Å². The molecular weight excluding hydrogens is 280 g/mol. The monoisotopic (exact) mass is 298 g/mol. The summed E-state index contributed by atoms with van der Waals surface area (Å²) in [5.74, 6) is 0.774. The molecule has 20 heavy (non-hydrogen) atoms. The lowest BCUT2D eigenvalue weighted by Gasteiger charge is -2.12. The number of nitrogens with zero attached hydrogens (tertiary/aromatic N) is 3. The van der Waals surface area contributed by atoms with Gasteiger partial charge in [0.25, 0.3) is 10.0 Å². The minimum atomic E-state index is -3.71. The third-order valence-electron chi connectivity index (χ3n) is 2.97. The molecule has 1 N–H and O–H groups in total. The van der Waals surface area contributed by atoms with E-state index in [1.807, 2.05) is 20.8 Å². The fourth-order valence-corrected chi connectivity index (χ4v) is 2.80. The molecular formula is C12H18N4O3S. The normalized spacial score (nSPS) is 12.7. The van der Waals surface area contributed by atoms with Crippen LogP contribution in [-0.2, 0) is 22.5 Å². The van der Waals surface area contributed by atoms with Gasteiger partial charge in [0.2, 0.25) is 0 Å². The van der Waals surface area contributed by atoms with Crippen LogP contribution in [0, 0.1) is 6.92 Å². The molecule has 0 aliphatic rings. The van der Waals surface area contributed by atoms with Crippen molar-refractivity contribution in [2.24, 2.45) is 7.05 Å². The van der Waals surface area contributed by atoms with E-state index in [4.69, 9.17) is 4.52 Å². The van der Waals surface area contributed by atoms with E-state index in [-0.39, 0.29) is 16.1 Å². The zero-order valence-electron chi connectivity index (χ0n) is 12.1. The Kier molecular flexibility index (Phi) is 3.37. The quantitative estimate of drug-likeness (QED) is 0.933. The standard InChI is InChI=1S/C12H18N4O3S/c1-8-9(7-13-16(8)5)20(17,18)15-11-6-10(19-14-11)12(2,3)4/h6-7H,1-5H3,(H,14,15). The molecule has 2 aromatic heterocycles. The molecule has 0 spiro atoms. The molecule has 0 aromatic carbocycles. The third kappa shape index (κ3) is 2.69. The summed E-state index contributed by atoms with van der Waals surface area (Å²) in [5, 5.41) is 7.66. The van der Waals surface area contributed by atoms with E-state index in [2.05, 4.69) is 15.0 Å². The van der Waals surface area contributed by atoms with E-state index < -0.39 is 10.0 Å². The van der Waals surface area contributed by atoms with Gasteiger partial charge in [0.05, 0.1) is 11.9 Å². The summed E-state index contributed by atoms with van der Waals surface area (Å²) in [6.07, 6.45) is 1.31. The second-order valence-corrected chi connectivity index (χ2v) is 7.30. The maximum atomic E-state index is 12.2. The van der Waals surface area contributed by atoms with Gasteiger partial charge in [-0.05, 0) is 6.92 Å². The van der Waals surface area contributed by atoms with E-state index in [0.29, 0.717) is 11.5 Å². The first-order valence-electron chi connectivity index (χ1n) is 6.10. The van der Waals surface area contributed by atoms with E-state index in [0.717, 1.165) is 0 Å². The highest BCUT2D eigenvalue weighted by molar-refractivity contribution is 7.92. The summed E-state index contributed by atoms with van der Waals surface area (Å²) in [7, 11) is -2.03. The molecule has 0 bridgehead atoms. The summed E-state index contributed by atoms with van der Waals surface area (Å²) >= 11 is 0. The lowest BCUT2D eigenvalue weighted by atomic mass is 9.93. The average Bonchev–Trinajstić information content (AvgIpc) is 2.86. The first-order chi connectivity index (χ1) is 9.11. The molecule has 2 heterocycles. The van der Waals surface area contributed by atoms with Gasteiger partial charge >= 0.3 is 0 Å². The number of sulfonamides is 1. The Balaban J connectivity index is 2.30. The molecule has 0 radical (unpaired) electrons. The van der Waals surface area contributed by atoms with Crippen molar-refractivity contribution < 1.29 is 12.9 Å². The van der Waals surface area contributed by atoms with Gasteiger partial charge in [-0.2, -0.15) is 5.10 Å². The molecule has 0 atom stereocenters. The van der Waals surface area contributed by atoms with Crippen LogP contribution in [0.15, 0.2) is 21.7 Å². The van der Waals surface area contributed by atoms with Crippen molar-refractivity contribution in [3.05, 3.63) is 23.7 Å². The van der Waals surface area contributed by atoms with Gasteiger partial charge in [0.15, 0.2) is 5.82 Å². The molecule has 0 amide bonds. The average molecular weight is 298 g/mol. The Morgan fingerprint density at radius 1 is 1.35 bits per heavy atom. The highest BCUT2D eigenvalue weighted by Gasteiger charge is 2.24. The van der Waals surface area contributed by atoms with Crippen molar-refractivity contribution in [3.8, 4) is 0 Å². The number of hydrogen-bond donors (Lipinski definition) is 1. The van der Waals surface area contributed by atoms with E-state index in [1.54, 1.807) is 20.0 Å². The SMILES string of the molecule is Cc1c(S(=O)(=O)Nc2cc(C(C)(C)C)on2)cnn1C. The molecule has 2 aromatic rings. The van der Waals surface area contributed by atoms with Gasteiger partial charge < -0.3 is 4.52 Å². The maximum Gasteiger partial charge on any atom is 0.266 e. The Labute approximate surface area is 118 Å². The number of anilines is 1. The first-order valence-corrected chi connectivity index (χ1v) is 7.58. The molecule has 7 nitrogen and oxygen atoms in total. The van der Waals surface area contributed by atoms with Crippen LogP contribution in [-0.4, -0.2) is 23.4 Å². The molecule has 0 saturated carbocycles. The highest BCUT2D eigenvalue weighted by Crippen LogP contribution is 2.25. The fourth-order valence-electron chi connectivity index (χ4n) is 1.61. The van der Waals surface area contributed by atoms with Crippen molar-refractivity contribution in [1.82, 2.24) is 14.9 Å². The minimum absolute atomic E-state index is 0.125. The molecule has 0 fully saturated rings. The van der Waals surface area contributed by atoms with Gasteiger partial charge in [0, 0.05) is 18.5 Å². The van der Waals surface area contributed by atoms with Gasteiger partial charge in [-0.1, -0.05) is 25.9 Å². The van der Waals surface area contributed by atoms with Crippen LogP contribution in [0.5, 0.6) is 0 Å². The number of nitrogens with one attached hydrogen (secondary N) is 1. The van der Waals surface area contributed by atoms with E-state index >= 15 is 0 Å². The molecule has 0 unspecified atom stereocenters. The predicted octanol–water partition coefficient (Wildman–Crippen LogP) is 1.81. The van der Waals surface area contributed by atoms with Crippen molar-refractivity contribution >= 4 is 15.8 Å². The Morgan fingerprint density at radius 3 is 2.45 bits per heavy atom. The van der Waals surface area contributed by atoms with Crippen molar-refractivity contribution in [3.63, 3.8) is 0 Å². The Hall–Kier alpha value is -1.83. The third-order valence-corrected chi connectivity index (χ3v) is 4.43. The van der Waals surface area contributed by atoms with Crippen LogP contribution in [0.25, 0.3) is 0 Å². The predicted molar refractivity (Wildman–Crippen MR) is 74.0 cm³/mol. The summed E-state index contributed by atoms with van der Waals surface area (Å²) in [6.45, 7) is 7.55. The maximum absolute atomic E-state index is 12.2. The summed E-state index contributed by atoms with van der Waals surface area (Å²) in [4.78, 5) is 0.125. The molecule has 0 aliphatic carbocycles. The fraction of sp³-hybridized carbons (Fsp3) is 0.500. The van der Waals surface area contributed by atoms with Crippen LogP contribution >= 0.6 is 0 Å². The molecule has 2 rings (SSSR count). The summed E-state index contributed by atoms with van der Waals surface area (Å²) in [5.41, 5.74) is 0.318. The number of aryl methyl sites for hydroxylation is 1. The van der Waals surface area contributed by atoms with Gasteiger partial charge in [0.1, 0.15) is 10.7 Å². The number of rotatable bonds is 3. The zero-order chi connectivity index (χ0) is 15.1. The lowest BCUT2D eigenvalue weighted by molar-refractivity contribution is 0.331. The molecule has 8 heteroatoms. The highest BCUT2D eigenvalue weighted by atomic mass is 32.2.